The second-order valence-corrected chi connectivity index (χ2v) is 5.45. The Labute approximate surface area is 104 Å². The van der Waals surface area contributed by atoms with Gasteiger partial charge in [-0.25, -0.2) is 4.98 Å². The fraction of sp³-hybridized carbons (Fsp3) is 0.769. The predicted octanol–water partition coefficient (Wildman–Crippen LogP) is 1.62. The molecule has 1 N–H and O–H groups in total. The van der Waals surface area contributed by atoms with Crippen molar-refractivity contribution in [3.63, 3.8) is 0 Å². The lowest BCUT2D eigenvalue weighted by atomic mass is 10.1. The predicted molar refractivity (Wildman–Crippen MR) is 71.1 cm³/mol. The van der Waals surface area contributed by atoms with Crippen molar-refractivity contribution in [3.8, 4) is 0 Å². The zero-order chi connectivity index (χ0) is 12.4. The van der Waals surface area contributed by atoms with Gasteiger partial charge in [-0.3, -0.25) is 0 Å². The van der Waals surface area contributed by atoms with E-state index >= 15 is 0 Å². The van der Waals surface area contributed by atoms with E-state index in [1.54, 1.807) is 0 Å². The Kier molecular flexibility index (Phi) is 3.72. The summed E-state index contributed by atoms with van der Waals surface area (Å²) in [6, 6.07) is 0. The third-order valence-corrected chi connectivity index (χ3v) is 3.66. The average molecular weight is 236 g/mol. The second-order valence-electron chi connectivity index (χ2n) is 5.45. The standard InChI is InChI=1S/C13H24N4/c1-10(11-5-6-11)7-14-8-12-9-15-13(16(2)3)17(12)4/h9-11,14H,5-8H2,1-4H3. The Morgan fingerprint density at radius 1 is 1.53 bits per heavy atom. The number of aromatic nitrogens is 2. The van der Waals surface area contributed by atoms with Crippen LogP contribution < -0.4 is 10.2 Å². The lowest BCUT2D eigenvalue weighted by Gasteiger charge is -2.14. The van der Waals surface area contributed by atoms with Crippen molar-refractivity contribution >= 4 is 5.95 Å². The number of imidazole rings is 1. The molecule has 1 atom stereocenters. The van der Waals surface area contributed by atoms with E-state index in [-0.39, 0.29) is 0 Å². The van der Waals surface area contributed by atoms with Gasteiger partial charge in [0.05, 0.1) is 11.9 Å². The molecule has 1 aliphatic carbocycles. The first kappa shape index (κ1) is 12.4. The molecular weight excluding hydrogens is 212 g/mol. The maximum Gasteiger partial charge on any atom is 0.204 e. The maximum atomic E-state index is 4.41. The van der Waals surface area contributed by atoms with E-state index in [2.05, 4.69) is 28.8 Å². The summed E-state index contributed by atoms with van der Waals surface area (Å²) in [4.78, 5) is 6.45. The van der Waals surface area contributed by atoms with Crippen LogP contribution in [0.15, 0.2) is 6.20 Å². The van der Waals surface area contributed by atoms with Gasteiger partial charge in [0.2, 0.25) is 5.95 Å². The van der Waals surface area contributed by atoms with Crippen LogP contribution in [0, 0.1) is 11.8 Å². The van der Waals surface area contributed by atoms with Crippen molar-refractivity contribution in [1.82, 2.24) is 14.9 Å². The molecular formula is C13H24N4. The average Bonchev–Trinajstić information content (AvgIpc) is 3.05. The molecule has 0 bridgehead atoms. The second kappa shape index (κ2) is 5.08. The summed E-state index contributed by atoms with van der Waals surface area (Å²) in [5, 5.41) is 3.54. The molecule has 17 heavy (non-hydrogen) atoms. The van der Waals surface area contributed by atoms with Gasteiger partial charge in [-0.2, -0.15) is 0 Å². The van der Waals surface area contributed by atoms with E-state index in [1.807, 2.05) is 25.2 Å². The highest BCUT2D eigenvalue weighted by Gasteiger charge is 2.27. The Balaban J connectivity index is 1.82. The van der Waals surface area contributed by atoms with Crippen LogP contribution in [-0.2, 0) is 13.6 Å². The largest absolute Gasteiger partial charge is 0.348 e. The van der Waals surface area contributed by atoms with Gasteiger partial charge in [-0.1, -0.05) is 6.92 Å². The minimum absolute atomic E-state index is 0.816. The van der Waals surface area contributed by atoms with Crippen LogP contribution in [0.3, 0.4) is 0 Å². The molecule has 0 aromatic carbocycles. The molecule has 1 aliphatic rings. The number of nitrogens with one attached hydrogen (secondary N) is 1. The molecule has 0 spiro atoms. The first-order chi connectivity index (χ1) is 8.09. The molecule has 0 radical (unpaired) electrons. The Morgan fingerprint density at radius 3 is 2.76 bits per heavy atom. The topological polar surface area (TPSA) is 33.1 Å². The zero-order valence-electron chi connectivity index (χ0n) is 11.4. The maximum absolute atomic E-state index is 4.41. The lowest BCUT2D eigenvalue weighted by molar-refractivity contribution is 0.458. The van der Waals surface area contributed by atoms with Crippen molar-refractivity contribution in [2.45, 2.75) is 26.3 Å². The van der Waals surface area contributed by atoms with E-state index < -0.39 is 0 Å². The molecule has 1 aromatic rings. The number of rotatable bonds is 6. The van der Waals surface area contributed by atoms with Crippen LogP contribution in [0.5, 0.6) is 0 Å². The Morgan fingerprint density at radius 2 is 2.24 bits per heavy atom. The lowest BCUT2D eigenvalue weighted by Crippen LogP contribution is -2.23. The van der Waals surface area contributed by atoms with Gasteiger partial charge >= 0.3 is 0 Å². The van der Waals surface area contributed by atoms with Crippen molar-refractivity contribution in [1.29, 1.82) is 0 Å². The molecule has 96 valence electrons. The molecule has 1 fully saturated rings. The van der Waals surface area contributed by atoms with Gasteiger partial charge in [0, 0.05) is 27.7 Å². The monoisotopic (exact) mass is 236 g/mol. The smallest absolute Gasteiger partial charge is 0.204 e. The van der Waals surface area contributed by atoms with Crippen LogP contribution >= 0.6 is 0 Å². The van der Waals surface area contributed by atoms with Crippen LogP contribution in [-0.4, -0.2) is 30.2 Å². The summed E-state index contributed by atoms with van der Waals surface area (Å²) >= 11 is 0. The first-order valence-electron chi connectivity index (χ1n) is 6.48. The summed E-state index contributed by atoms with van der Waals surface area (Å²) in [6.45, 7) is 4.38. The zero-order valence-corrected chi connectivity index (χ0v) is 11.4. The quantitative estimate of drug-likeness (QED) is 0.815. The fourth-order valence-corrected chi connectivity index (χ4v) is 2.27. The van der Waals surface area contributed by atoms with Gasteiger partial charge in [0.25, 0.3) is 0 Å². The minimum Gasteiger partial charge on any atom is -0.348 e. The number of hydrogen-bond donors (Lipinski definition) is 1. The third-order valence-electron chi connectivity index (χ3n) is 3.66. The molecule has 0 saturated heterocycles. The van der Waals surface area contributed by atoms with Gasteiger partial charge in [-0.05, 0) is 31.2 Å². The molecule has 0 aliphatic heterocycles. The molecule has 1 unspecified atom stereocenters. The molecule has 4 nitrogen and oxygen atoms in total. The summed E-state index contributed by atoms with van der Waals surface area (Å²) in [5.74, 6) is 2.81. The van der Waals surface area contributed by atoms with E-state index in [4.69, 9.17) is 0 Å². The Hall–Kier alpha value is -1.03. The molecule has 1 saturated carbocycles. The van der Waals surface area contributed by atoms with Crippen LogP contribution in [0.2, 0.25) is 0 Å². The SMILES string of the molecule is CC(CNCc1cnc(N(C)C)n1C)C1CC1. The van der Waals surface area contributed by atoms with Crippen molar-refractivity contribution in [3.05, 3.63) is 11.9 Å². The summed E-state index contributed by atoms with van der Waals surface area (Å²) < 4.78 is 2.15. The number of nitrogens with zero attached hydrogens (tertiary/aromatic N) is 3. The van der Waals surface area contributed by atoms with E-state index in [9.17, 15) is 0 Å². The third kappa shape index (κ3) is 3.00. The Bertz CT molecular complexity index is 365. The molecule has 2 rings (SSSR count). The van der Waals surface area contributed by atoms with E-state index in [0.717, 1.165) is 30.9 Å². The molecule has 1 aromatic heterocycles. The van der Waals surface area contributed by atoms with Gasteiger partial charge in [0.15, 0.2) is 0 Å². The minimum atomic E-state index is 0.816. The number of anilines is 1. The van der Waals surface area contributed by atoms with Crippen LogP contribution in [0.4, 0.5) is 5.95 Å². The highest BCUT2D eigenvalue weighted by atomic mass is 15.3. The van der Waals surface area contributed by atoms with E-state index in [0.29, 0.717) is 0 Å². The molecule has 1 heterocycles. The highest BCUT2D eigenvalue weighted by molar-refractivity contribution is 5.30. The van der Waals surface area contributed by atoms with Crippen molar-refractivity contribution < 1.29 is 0 Å². The summed E-state index contributed by atoms with van der Waals surface area (Å²) in [7, 11) is 6.12. The van der Waals surface area contributed by atoms with Gasteiger partial charge in [-0.15, -0.1) is 0 Å². The normalized spacial score (nSPS) is 17.2. The van der Waals surface area contributed by atoms with Gasteiger partial charge in [0.1, 0.15) is 0 Å². The molecule has 0 amide bonds. The van der Waals surface area contributed by atoms with Crippen molar-refractivity contribution in [2.24, 2.45) is 18.9 Å². The molecule has 4 heteroatoms. The summed E-state index contributed by atoms with van der Waals surface area (Å²) in [5.41, 5.74) is 1.25. The first-order valence-corrected chi connectivity index (χ1v) is 6.48. The summed E-state index contributed by atoms with van der Waals surface area (Å²) in [6.07, 6.45) is 4.82. The van der Waals surface area contributed by atoms with E-state index in [1.165, 1.54) is 18.5 Å². The van der Waals surface area contributed by atoms with Crippen molar-refractivity contribution in [2.75, 3.05) is 25.5 Å². The fourth-order valence-electron chi connectivity index (χ4n) is 2.27. The van der Waals surface area contributed by atoms with Gasteiger partial charge < -0.3 is 14.8 Å². The number of hydrogen-bond acceptors (Lipinski definition) is 3. The highest BCUT2D eigenvalue weighted by Crippen LogP contribution is 2.36. The van der Waals surface area contributed by atoms with Crippen LogP contribution in [0.25, 0.3) is 0 Å². The van der Waals surface area contributed by atoms with Crippen LogP contribution in [0.1, 0.15) is 25.5 Å².